The lowest BCUT2D eigenvalue weighted by molar-refractivity contribution is -0.384. The molecule has 1 N–H and O–H groups in total. The van der Waals surface area contributed by atoms with Crippen molar-refractivity contribution in [2.24, 2.45) is 5.10 Å². The molecule has 2 aromatic carbocycles. The number of unbranched alkanes of at least 4 members (excludes halogenated alkanes) is 3. The number of hydrazone groups is 1. The molecule has 0 aliphatic rings. The zero-order valence-corrected chi connectivity index (χ0v) is 16.2. The maximum atomic E-state index is 12.2. The fraction of sp³-hybridized carbons (Fsp3) is 0.286. The molecule has 2 rings (SSSR count). The lowest BCUT2D eigenvalue weighted by atomic mass is 10.1. The number of benzene rings is 2. The first-order valence-corrected chi connectivity index (χ1v) is 9.38. The van der Waals surface area contributed by atoms with Gasteiger partial charge in [0.05, 0.1) is 16.7 Å². The van der Waals surface area contributed by atoms with E-state index in [-0.39, 0.29) is 22.9 Å². The third-order valence-corrected chi connectivity index (χ3v) is 4.02. The molecule has 0 saturated heterocycles. The van der Waals surface area contributed by atoms with Gasteiger partial charge in [-0.25, -0.2) is 10.2 Å². The number of nitro groups is 1. The van der Waals surface area contributed by atoms with Crippen LogP contribution in [-0.4, -0.2) is 23.0 Å². The normalized spacial score (nSPS) is 10.7. The molecule has 152 valence electrons. The van der Waals surface area contributed by atoms with Crippen molar-refractivity contribution in [3.05, 3.63) is 69.8 Å². The summed E-state index contributed by atoms with van der Waals surface area (Å²) in [6.45, 7) is 2.11. The number of nitro benzene ring substituents is 1. The summed E-state index contributed by atoms with van der Waals surface area (Å²) in [5, 5.41) is 14.7. The van der Waals surface area contributed by atoms with Gasteiger partial charge in [-0.05, 0) is 30.2 Å². The molecule has 1 amide bonds. The zero-order chi connectivity index (χ0) is 21.1. The number of amides is 1. The summed E-state index contributed by atoms with van der Waals surface area (Å²) in [5.41, 5.74) is 2.98. The van der Waals surface area contributed by atoms with Crippen LogP contribution in [0.25, 0.3) is 0 Å². The van der Waals surface area contributed by atoms with Gasteiger partial charge in [-0.15, -0.1) is 0 Å². The average molecular weight is 397 g/mol. The van der Waals surface area contributed by atoms with Crippen LogP contribution >= 0.6 is 0 Å². The number of hydrogen-bond acceptors (Lipinski definition) is 6. The third-order valence-electron chi connectivity index (χ3n) is 4.02. The molecule has 2 aromatic rings. The maximum absolute atomic E-state index is 12.2. The van der Waals surface area contributed by atoms with Crippen molar-refractivity contribution in [2.45, 2.75) is 39.0 Å². The predicted octanol–water partition coefficient (Wildman–Crippen LogP) is 4.23. The van der Waals surface area contributed by atoms with Crippen LogP contribution in [-0.2, 0) is 4.79 Å². The Morgan fingerprint density at radius 3 is 2.69 bits per heavy atom. The molecule has 0 unspecified atom stereocenters. The highest BCUT2D eigenvalue weighted by Crippen LogP contribution is 2.17. The van der Waals surface area contributed by atoms with Gasteiger partial charge >= 0.3 is 5.97 Å². The minimum absolute atomic E-state index is 0.0774. The van der Waals surface area contributed by atoms with E-state index in [9.17, 15) is 19.7 Å². The first-order valence-electron chi connectivity index (χ1n) is 9.38. The second-order valence-electron chi connectivity index (χ2n) is 6.37. The second kappa shape index (κ2) is 11.3. The number of carbonyl (C=O) groups is 2. The number of rotatable bonds is 10. The van der Waals surface area contributed by atoms with Gasteiger partial charge < -0.3 is 4.74 Å². The molecular weight excluding hydrogens is 374 g/mol. The van der Waals surface area contributed by atoms with E-state index in [1.54, 1.807) is 24.3 Å². The van der Waals surface area contributed by atoms with Gasteiger partial charge in [0, 0.05) is 18.6 Å². The smallest absolute Gasteiger partial charge is 0.343 e. The topological polar surface area (TPSA) is 111 Å². The van der Waals surface area contributed by atoms with Crippen molar-refractivity contribution in [3.8, 4) is 5.75 Å². The van der Waals surface area contributed by atoms with E-state index < -0.39 is 10.9 Å². The lowest BCUT2D eigenvalue weighted by Gasteiger charge is -2.05. The van der Waals surface area contributed by atoms with Crippen LogP contribution in [0.15, 0.2) is 53.6 Å². The second-order valence-corrected chi connectivity index (χ2v) is 6.37. The van der Waals surface area contributed by atoms with E-state index in [0.29, 0.717) is 12.0 Å². The van der Waals surface area contributed by atoms with Crippen LogP contribution in [0.3, 0.4) is 0 Å². The highest BCUT2D eigenvalue weighted by Gasteiger charge is 2.13. The Kier molecular flexibility index (Phi) is 8.50. The van der Waals surface area contributed by atoms with Crippen LogP contribution in [0.5, 0.6) is 5.75 Å². The average Bonchev–Trinajstić information content (AvgIpc) is 2.71. The fourth-order valence-corrected chi connectivity index (χ4v) is 2.52. The minimum atomic E-state index is -0.705. The number of hydrogen-bond donors (Lipinski definition) is 1. The minimum Gasteiger partial charge on any atom is -0.423 e. The molecule has 0 atom stereocenters. The van der Waals surface area contributed by atoms with Crippen LogP contribution in [0.4, 0.5) is 5.69 Å². The van der Waals surface area contributed by atoms with E-state index in [2.05, 4.69) is 17.5 Å². The van der Waals surface area contributed by atoms with Crippen LogP contribution in [0.2, 0.25) is 0 Å². The summed E-state index contributed by atoms with van der Waals surface area (Å²) < 4.78 is 5.27. The summed E-state index contributed by atoms with van der Waals surface area (Å²) >= 11 is 0. The van der Waals surface area contributed by atoms with Crippen molar-refractivity contribution in [1.82, 2.24) is 5.43 Å². The monoisotopic (exact) mass is 397 g/mol. The largest absolute Gasteiger partial charge is 0.423 e. The molecule has 0 fully saturated rings. The Morgan fingerprint density at radius 1 is 1.14 bits per heavy atom. The number of nitrogens with zero attached hydrogens (tertiary/aromatic N) is 2. The number of non-ortho nitro benzene ring substituents is 1. The van der Waals surface area contributed by atoms with Crippen LogP contribution in [0.1, 0.15) is 54.9 Å². The van der Waals surface area contributed by atoms with Gasteiger partial charge in [0.15, 0.2) is 0 Å². The fourth-order valence-electron chi connectivity index (χ4n) is 2.52. The SMILES string of the molecule is CCCCCCC(=O)NN=Cc1cccc(OC(=O)c2cccc([N+](=O)[O-])c2)c1. The van der Waals surface area contributed by atoms with Crippen molar-refractivity contribution in [2.75, 3.05) is 0 Å². The van der Waals surface area contributed by atoms with Crippen LogP contribution < -0.4 is 10.2 Å². The summed E-state index contributed by atoms with van der Waals surface area (Å²) in [6, 6.07) is 11.9. The Morgan fingerprint density at radius 2 is 1.93 bits per heavy atom. The summed E-state index contributed by atoms with van der Waals surface area (Å²) in [5.74, 6) is -0.592. The summed E-state index contributed by atoms with van der Waals surface area (Å²) in [7, 11) is 0. The Hall–Kier alpha value is -3.55. The van der Waals surface area contributed by atoms with Gasteiger partial charge in [-0.1, -0.05) is 44.4 Å². The Balaban J connectivity index is 1.92. The summed E-state index contributed by atoms with van der Waals surface area (Å²) in [6.07, 6.45) is 5.96. The molecule has 0 saturated carbocycles. The molecule has 0 spiro atoms. The standard InChI is InChI=1S/C21H23N3O5/c1-2-3-4-5-12-20(25)23-22-15-16-8-6-11-19(13-16)29-21(26)17-9-7-10-18(14-17)24(27)28/h6-11,13-15H,2-5,12H2,1H3,(H,23,25). The molecule has 8 heteroatoms. The van der Waals surface area contributed by atoms with Gasteiger partial charge in [0.1, 0.15) is 5.75 Å². The van der Waals surface area contributed by atoms with Crippen LogP contribution in [0, 0.1) is 10.1 Å². The van der Waals surface area contributed by atoms with Gasteiger partial charge in [-0.3, -0.25) is 14.9 Å². The van der Waals surface area contributed by atoms with E-state index in [1.807, 2.05) is 0 Å². The Labute approximate surface area is 168 Å². The van der Waals surface area contributed by atoms with E-state index in [4.69, 9.17) is 4.74 Å². The summed E-state index contributed by atoms with van der Waals surface area (Å²) in [4.78, 5) is 34.2. The molecule has 0 bridgehead atoms. The molecule has 0 heterocycles. The van der Waals surface area contributed by atoms with Gasteiger partial charge in [0.25, 0.3) is 5.69 Å². The van der Waals surface area contributed by atoms with E-state index in [0.717, 1.165) is 31.7 Å². The maximum Gasteiger partial charge on any atom is 0.343 e. The molecule has 0 aliphatic heterocycles. The number of ether oxygens (including phenoxy) is 1. The number of carbonyl (C=O) groups excluding carboxylic acids is 2. The number of nitrogens with one attached hydrogen (secondary N) is 1. The molecular formula is C21H23N3O5. The van der Waals surface area contributed by atoms with Crippen molar-refractivity contribution in [3.63, 3.8) is 0 Å². The third kappa shape index (κ3) is 7.53. The van der Waals surface area contributed by atoms with E-state index >= 15 is 0 Å². The van der Waals surface area contributed by atoms with E-state index in [1.165, 1.54) is 24.4 Å². The first-order chi connectivity index (χ1) is 14.0. The quantitative estimate of drug-likeness (QED) is 0.161. The van der Waals surface area contributed by atoms with Gasteiger partial charge in [-0.2, -0.15) is 5.10 Å². The molecule has 0 radical (unpaired) electrons. The highest BCUT2D eigenvalue weighted by molar-refractivity contribution is 5.92. The molecule has 29 heavy (non-hydrogen) atoms. The van der Waals surface area contributed by atoms with Crippen molar-refractivity contribution in [1.29, 1.82) is 0 Å². The lowest BCUT2D eigenvalue weighted by Crippen LogP contribution is -2.16. The zero-order valence-electron chi connectivity index (χ0n) is 16.2. The Bertz CT molecular complexity index is 895. The van der Waals surface area contributed by atoms with Gasteiger partial charge in [0.2, 0.25) is 5.91 Å². The van der Waals surface area contributed by atoms with Crippen molar-refractivity contribution >= 4 is 23.8 Å². The molecule has 8 nitrogen and oxygen atoms in total. The molecule has 0 aliphatic carbocycles. The predicted molar refractivity (Wildman–Crippen MR) is 109 cm³/mol. The first kappa shape index (κ1) is 21.7. The molecule has 0 aromatic heterocycles. The number of esters is 1. The van der Waals surface area contributed by atoms with Crippen molar-refractivity contribution < 1.29 is 19.2 Å². The highest BCUT2D eigenvalue weighted by atomic mass is 16.6.